The van der Waals surface area contributed by atoms with E-state index in [-0.39, 0.29) is 0 Å². The number of H-pyrrole nitrogens is 1. The molecule has 7 nitrogen and oxygen atoms in total. The summed E-state index contributed by atoms with van der Waals surface area (Å²) in [4.78, 5) is 9.38. The fraction of sp³-hybridized carbons (Fsp3) is 0.136. The van der Waals surface area contributed by atoms with Crippen molar-refractivity contribution in [2.24, 2.45) is 0 Å². The van der Waals surface area contributed by atoms with E-state index in [1.54, 1.807) is 0 Å². The Morgan fingerprint density at radius 1 is 0.828 bits per heavy atom. The summed E-state index contributed by atoms with van der Waals surface area (Å²) in [6.45, 7) is 4.80. The third-order valence-corrected chi connectivity index (χ3v) is 5.12. The van der Waals surface area contributed by atoms with Gasteiger partial charge in [0.15, 0.2) is 11.6 Å². The van der Waals surface area contributed by atoms with Crippen LogP contribution < -0.4 is 0 Å². The van der Waals surface area contributed by atoms with Crippen LogP contribution in [0.25, 0.3) is 33.9 Å². The number of rotatable bonds is 4. The van der Waals surface area contributed by atoms with Gasteiger partial charge >= 0.3 is 0 Å². The monoisotopic (exact) mass is 381 g/mol. The number of benzene rings is 2. The minimum atomic E-state index is 0.527. The second-order valence-electron chi connectivity index (χ2n) is 7.14. The molecule has 2 aliphatic rings. The Kier molecular flexibility index (Phi) is 4.13. The highest BCUT2D eigenvalue weighted by Gasteiger charge is 2.13. The molecule has 3 heterocycles. The fourth-order valence-corrected chi connectivity index (χ4v) is 3.32. The van der Waals surface area contributed by atoms with Crippen LogP contribution in [-0.2, 0) is 6.54 Å². The molecule has 0 bridgehead atoms. The van der Waals surface area contributed by atoms with E-state index >= 15 is 0 Å². The first-order valence-electron chi connectivity index (χ1n) is 9.40. The predicted molar refractivity (Wildman–Crippen MR) is 110 cm³/mol. The standard InChI is InChI=1S/C22H19N7/c1-14-3-4-18(11-15(14)2)16-5-7-17(8-6-16)22-23-19-9-10-29(12-20(19)24-22)13-21-25-27-28-26-21/h3-12H,13H2,1-2H3,(H,25,26,27,28). The van der Waals surface area contributed by atoms with Gasteiger partial charge < -0.3 is 4.57 Å². The zero-order chi connectivity index (χ0) is 19.8. The van der Waals surface area contributed by atoms with E-state index in [0.717, 1.165) is 22.8 Å². The van der Waals surface area contributed by atoms with Gasteiger partial charge in [0.05, 0.1) is 12.2 Å². The molecule has 2 aromatic carbocycles. The Hall–Kier alpha value is -3.87. The lowest BCUT2D eigenvalue weighted by Crippen LogP contribution is -2.02. The smallest absolute Gasteiger partial charge is 0.194 e. The van der Waals surface area contributed by atoms with Crippen molar-refractivity contribution in [1.29, 1.82) is 0 Å². The summed E-state index contributed by atoms with van der Waals surface area (Å²) in [6.07, 6.45) is 3.89. The van der Waals surface area contributed by atoms with E-state index in [1.165, 1.54) is 22.3 Å². The van der Waals surface area contributed by atoms with Crippen molar-refractivity contribution in [2.45, 2.75) is 20.4 Å². The maximum atomic E-state index is 4.70. The predicted octanol–water partition coefficient (Wildman–Crippen LogP) is 3.90. The molecule has 7 heteroatoms. The average molecular weight is 381 g/mol. The highest BCUT2D eigenvalue weighted by Crippen LogP contribution is 2.28. The second-order valence-corrected chi connectivity index (χ2v) is 7.14. The van der Waals surface area contributed by atoms with Crippen molar-refractivity contribution in [2.75, 3.05) is 0 Å². The molecule has 0 unspecified atom stereocenters. The van der Waals surface area contributed by atoms with Crippen molar-refractivity contribution in [3.8, 4) is 33.9 Å². The number of imidazole rings is 1. The number of nitrogens with zero attached hydrogens (tertiary/aromatic N) is 6. The van der Waals surface area contributed by atoms with Crippen LogP contribution in [0.2, 0.25) is 0 Å². The molecule has 3 aromatic rings. The first kappa shape index (κ1) is 17.2. The molecule has 0 atom stereocenters. The normalized spacial score (nSPS) is 11.2. The van der Waals surface area contributed by atoms with Gasteiger partial charge in [0.25, 0.3) is 0 Å². The fourth-order valence-electron chi connectivity index (χ4n) is 3.32. The number of pyridine rings is 1. The summed E-state index contributed by atoms with van der Waals surface area (Å²) in [6, 6.07) is 16.9. The van der Waals surface area contributed by atoms with E-state index < -0.39 is 0 Å². The summed E-state index contributed by atoms with van der Waals surface area (Å²) in [5, 5.41) is 14.0. The van der Waals surface area contributed by atoms with Gasteiger partial charge in [-0.05, 0) is 42.2 Å². The summed E-state index contributed by atoms with van der Waals surface area (Å²) >= 11 is 0. The molecule has 0 fully saturated rings. The first-order valence-corrected chi connectivity index (χ1v) is 9.40. The van der Waals surface area contributed by atoms with Crippen LogP contribution in [0.1, 0.15) is 17.0 Å². The van der Waals surface area contributed by atoms with Crippen molar-refractivity contribution in [1.82, 2.24) is 35.2 Å². The number of aromatic nitrogens is 7. The zero-order valence-electron chi connectivity index (χ0n) is 16.2. The van der Waals surface area contributed by atoms with Crippen molar-refractivity contribution < 1.29 is 0 Å². The van der Waals surface area contributed by atoms with Crippen molar-refractivity contribution in [3.05, 3.63) is 77.9 Å². The lowest BCUT2D eigenvalue weighted by atomic mass is 9.99. The third-order valence-electron chi connectivity index (χ3n) is 5.12. The molecule has 2 aliphatic heterocycles. The number of aromatic amines is 1. The molecule has 142 valence electrons. The zero-order valence-corrected chi connectivity index (χ0v) is 16.2. The Bertz CT molecular complexity index is 1240. The molecule has 0 saturated carbocycles. The van der Waals surface area contributed by atoms with Gasteiger partial charge in [-0.25, -0.2) is 9.97 Å². The average Bonchev–Trinajstić information content (AvgIpc) is 3.40. The van der Waals surface area contributed by atoms with Gasteiger partial charge in [0.2, 0.25) is 0 Å². The largest absolute Gasteiger partial charge is 0.344 e. The Morgan fingerprint density at radius 3 is 2.34 bits per heavy atom. The molecular formula is C22H19N7. The summed E-state index contributed by atoms with van der Waals surface area (Å²) in [5.41, 5.74) is 7.71. The molecular weight excluding hydrogens is 362 g/mol. The summed E-state index contributed by atoms with van der Waals surface area (Å²) in [7, 11) is 0. The number of hydrogen-bond donors (Lipinski definition) is 1. The lowest BCUT2D eigenvalue weighted by molar-refractivity contribution is 0.740. The molecule has 29 heavy (non-hydrogen) atoms. The minimum Gasteiger partial charge on any atom is -0.344 e. The Morgan fingerprint density at radius 2 is 1.59 bits per heavy atom. The molecule has 0 saturated heterocycles. The van der Waals surface area contributed by atoms with E-state index in [4.69, 9.17) is 4.98 Å². The van der Waals surface area contributed by atoms with Crippen molar-refractivity contribution in [3.63, 3.8) is 0 Å². The molecule has 0 aliphatic carbocycles. The van der Waals surface area contributed by atoms with Gasteiger partial charge in [-0.1, -0.05) is 47.7 Å². The van der Waals surface area contributed by atoms with Crippen LogP contribution in [0.5, 0.6) is 0 Å². The molecule has 0 spiro atoms. The van der Waals surface area contributed by atoms with Crippen molar-refractivity contribution >= 4 is 0 Å². The number of hydrogen-bond acceptors (Lipinski definition) is 5. The van der Waals surface area contributed by atoms with E-state index in [0.29, 0.717) is 12.4 Å². The SMILES string of the molecule is Cc1ccc(-c2ccc(-c3nc4ccn(Cc5nn[nH]n5)cc-4n3)cc2)cc1C. The minimum absolute atomic E-state index is 0.527. The van der Waals surface area contributed by atoms with Gasteiger partial charge in [0.1, 0.15) is 5.69 Å². The van der Waals surface area contributed by atoms with Crippen LogP contribution >= 0.6 is 0 Å². The highest BCUT2D eigenvalue weighted by atomic mass is 15.5. The first-order chi connectivity index (χ1) is 14.2. The molecule has 1 aromatic heterocycles. The summed E-state index contributed by atoms with van der Waals surface area (Å²) < 4.78 is 1.97. The second kappa shape index (κ2) is 6.94. The maximum absolute atomic E-state index is 4.70. The van der Waals surface area contributed by atoms with Crippen LogP contribution in [0, 0.1) is 13.8 Å². The van der Waals surface area contributed by atoms with E-state index in [9.17, 15) is 0 Å². The molecule has 0 amide bonds. The molecule has 1 N–H and O–H groups in total. The lowest BCUT2D eigenvalue weighted by Gasteiger charge is -2.06. The third kappa shape index (κ3) is 3.38. The van der Waals surface area contributed by atoms with Crippen LogP contribution in [-0.4, -0.2) is 35.2 Å². The number of fused-ring (bicyclic) bond motifs is 1. The van der Waals surface area contributed by atoms with Crippen LogP contribution in [0.3, 0.4) is 0 Å². The number of nitrogens with one attached hydrogen (secondary N) is 1. The summed E-state index contributed by atoms with van der Waals surface area (Å²) in [5.74, 6) is 1.35. The van der Waals surface area contributed by atoms with Gasteiger partial charge in [-0.2, -0.15) is 5.21 Å². The van der Waals surface area contributed by atoms with Crippen LogP contribution in [0.4, 0.5) is 0 Å². The van der Waals surface area contributed by atoms with Gasteiger partial charge in [-0.3, -0.25) is 0 Å². The topological polar surface area (TPSA) is 85.2 Å². The molecule has 5 rings (SSSR count). The Balaban J connectivity index is 1.43. The number of aryl methyl sites for hydroxylation is 2. The molecule has 0 radical (unpaired) electrons. The van der Waals surface area contributed by atoms with E-state index in [1.807, 2.05) is 23.0 Å². The van der Waals surface area contributed by atoms with Gasteiger partial charge in [0, 0.05) is 18.0 Å². The van der Waals surface area contributed by atoms with Crippen LogP contribution in [0.15, 0.2) is 60.9 Å². The van der Waals surface area contributed by atoms with E-state index in [2.05, 4.69) is 81.9 Å². The van der Waals surface area contributed by atoms with Gasteiger partial charge in [-0.15, -0.1) is 10.2 Å². The quantitative estimate of drug-likeness (QED) is 0.510. The number of tetrazole rings is 1. The maximum Gasteiger partial charge on any atom is 0.194 e. The Labute approximate surface area is 167 Å². The highest BCUT2D eigenvalue weighted by molar-refractivity contribution is 5.71.